The summed E-state index contributed by atoms with van der Waals surface area (Å²) in [6, 6.07) is 0. The van der Waals surface area contributed by atoms with E-state index in [1.165, 1.54) is 0 Å². The molecule has 0 aromatic heterocycles. The molecule has 0 amide bonds. The highest BCUT2D eigenvalue weighted by Crippen LogP contribution is 2.42. The summed E-state index contributed by atoms with van der Waals surface area (Å²) < 4.78 is 5.56. The van der Waals surface area contributed by atoms with Crippen molar-refractivity contribution in [2.24, 2.45) is 10.4 Å². The Morgan fingerprint density at radius 2 is 2.06 bits per heavy atom. The lowest BCUT2D eigenvalue weighted by Crippen LogP contribution is -2.29. The fraction of sp³-hybridized carbons (Fsp3) is 0.917. The van der Waals surface area contributed by atoms with E-state index in [0.717, 1.165) is 31.6 Å². The smallest absolute Gasteiger partial charge is 0.209 e. The number of rotatable bonds is 4. The summed E-state index contributed by atoms with van der Waals surface area (Å²) in [7, 11) is 0. The zero-order valence-electron chi connectivity index (χ0n) is 10.6. The molecule has 0 spiro atoms. The van der Waals surface area contributed by atoms with Crippen LogP contribution in [0.15, 0.2) is 4.99 Å². The van der Waals surface area contributed by atoms with E-state index in [1.807, 2.05) is 13.8 Å². The Hall–Kier alpha value is -1.13. The zero-order valence-corrected chi connectivity index (χ0v) is 10.6. The van der Waals surface area contributed by atoms with Crippen molar-refractivity contribution >= 4 is 5.90 Å². The van der Waals surface area contributed by atoms with E-state index >= 15 is 0 Å². The molecule has 2 rings (SSSR count). The molecule has 0 unspecified atom stereocenters. The summed E-state index contributed by atoms with van der Waals surface area (Å²) in [5.41, 5.74) is -0.369. The van der Waals surface area contributed by atoms with Gasteiger partial charge in [0.2, 0.25) is 6.54 Å². The summed E-state index contributed by atoms with van der Waals surface area (Å²) in [5.74, 6) is 0.721. The molecule has 2 aliphatic rings. The van der Waals surface area contributed by atoms with E-state index < -0.39 is 0 Å². The van der Waals surface area contributed by atoms with Crippen molar-refractivity contribution in [2.45, 2.75) is 51.5 Å². The largest absolute Gasteiger partial charge is 0.478 e. The minimum Gasteiger partial charge on any atom is -0.478 e. The van der Waals surface area contributed by atoms with Crippen molar-refractivity contribution < 1.29 is 9.66 Å². The van der Waals surface area contributed by atoms with E-state index in [9.17, 15) is 10.1 Å². The number of nitro groups is 1. The van der Waals surface area contributed by atoms with Crippen LogP contribution in [0.25, 0.3) is 0 Å². The molecule has 0 aromatic carbocycles. The Morgan fingerprint density at radius 1 is 1.41 bits per heavy atom. The first-order chi connectivity index (χ1) is 7.91. The van der Waals surface area contributed by atoms with Crippen molar-refractivity contribution in [1.29, 1.82) is 0 Å². The Morgan fingerprint density at radius 3 is 2.53 bits per heavy atom. The molecule has 1 saturated carbocycles. The topological polar surface area (TPSA) is 64.7 Å². The lowest BCUT2D eigenvalue weighted by Gasteiger charge is -2.23. The van der Waals surface area contributed by atoms with E-state index in [0.29, 0.717) is 13.0 Å². The van der Waals surface area contributed by atoms with Crippen LogP contribution in [0.3, 0.4) is 0 Å². The van der Waals surface area contributed by atoms with Gasteiger partial charge in [0.1, 0.15) is 6.61 Å². The van der Waals surface area contributed by atoms with Gasteiger partial charge in [-0.3, -0.25) is 10.1 Å². The molecule has 5 nitrogen and oxygen atoms in total. The van der Waals surface area contributed by atoms with Gasteiger partial charge in [0.15, 0.2) is 5.90 Å². The molecule has 1 fully saturated rings. The van der Waals surface area contributed by atoms with Gasteiger partial charge in [0, 0.05) is 16.8 Å². The highest BCUT2D eigenvalue weighted by Gasteiger charge is 2.42. The van der Waals surface area contributed by atoms with Crippen LogP contribution in [-0.4, -0.2) is 29.5 Å². The van der Waals surface area contributed by atoms with Crippen molar-refractivity contribution in [3.05, 3.63) is 10.1 Å². The van der Waals surface area contributed by atoms with Gasteiger partial charge in [-0.05, 0) is 26.7 Å². The fourth-order valence-electron chi connectivity index (χ4n) is 2.86. The molecule has 0 saturated heterocycles. The van der Waals surface area contributed by atoms with Gasteiger partial charge in [0.05, 0.1) is 5.54 Å². The molecule has 0 aromatic rings. The average molecular weight is 240 g/mol. The second kappa shape index (κ2) is 4.27. The first-order valence-corrected chi connectivity index (χ1v) is 6.24. The van der Waals surface area contributed by atoms with E-state index in [4.69, 9.17) is 4.74 Å². The van der Waals surface area contributed by atoms with E-state index in [-0.39, 0.29) is 22.4 Å². The lowest BCUT2D eigenvalue weighted by atomic mass is 9.82. The van der Waals surface area contributed by atoms with Crippen LogP contribution in [0.2, 0.25) is 0 Å². The Kier molecular flexibility index (Phi) is 3.10. The van der Waals surface area contributed by atoms with Gasteiger partial charge in [0.25, 0.3) is 0 Å². The summed E-state index contributed by atoms with van der Waals surface area (Å²) in [4.78, 5) is 15.1. The Labute approximate surface area is 101 Å². The standard InChI is InChI=1S/C12H20N2O3/c1-11(2)9-17-10(13-11)7-12(8-14(15)16)5-3-4-6-12/h3-9H2,1-2H3. The maximum atomic E-state index is 10.8. The molecule has 96 valence electrons. The van der Waals surface area contributed by atoms with Gasteiger partial charge in [-0.15, -0.1) is 0 Å². The summed E-state index contributed by atoms with van der Waals surface area (Å²) in [6.45, 7) is 4.69. The fourth-order valence-corrected chi connectivity index (χ4v) is 2.86. The van der Waals surface area contributed by atoms with Crippen LogP contribution >= 0.6 is 0 Å². The quantitative estimate of drug-likeness (QED) is 0.560. The molecule has 1 aliphatic carbocycles. The van der Waals surface area contributed by atoms with Gasteiger partial charge >= 0.3 is 0 Å². The van der Waals surface area contributed by atoms with Gasteiger partial charge in [-0.1, -0.05) is 12.8 Å². The third-order valence-corrected chi connectivity index (χ3v) is 3.67. The molecular formula is C12H20N2O3. The molecule has 0 atom stereocenters. The number of hydrogen-bond acceptors (Lipinski definition) is 4. The van der Waals surface area contributed by atoms with E-state index in [1.54, 1.807) is 0 Å². The first kappa shape index (κ1) is 12.3. The van der Waals surface area contributed by atoms with Crippen LogP contribution < -0.4 is 0 Å². The minimum atomic E-state index is -0.206. The predicted octanol–water partition coefficient (Wildman–Crippen LogP) is 2.42. The second-order valence-electron chi connectivity index (χ2n) is 5.98. The number of ether oxygens (including phenoxy) is 1. The first-order valence-electron chi connectivity index (χ1n) is 6.24. The average Bonchev–Trinajstić information content (AvgIpc) is 2.73. The van der Waals surface area contributed by atoms with Gasteiger partial charge in [-0.25, -0.2) is 4.99 Å². The highest BCUT2D eigenvalue weighted by molar-refractivity contribution is 5.79. The molecule has 1 heterocycles. The zero-order chi connectivity index (χ0) is 12.5. The molecule has 0 N–H and O–H groups in total. The van der Waals surface area contributed by atoms with Crippen molar-refractivity contribution in [3.8, 4) is 0 Å². The Balaban J connectivity index is 2.06. The predicted molar refractivity (Wildman–Crippen MR) is 64.8 cm³/mol. The number of nitrogens with zero attached hydrogens (tertiary/aromatic N) is 2. The molecular weight excluding hydrogens is 220 g/mol. The lowest BCUT2D eigenvalue weighted by molar-refractivity contribution is -0.497. The normalized spacial score (nSPS) is 25.4. The van der Waals surface area contributed by atoms with Crippen LogP contribution in [0.1, 0.15) is 46.0 Å². The van der Waals surface area contributed by atoms with Gasteiger partial charge in [-0.2, -0.15) is 0 Å². The number of aliphatic imine (C=N–C) groups is 1. The summed E-state index contributed by atoms with van der Waals surface area (Å²) in [5, 5.41) is 10.8. The summed E-state index contributed by atoms with van der Waals surface area (Å²) >= 11 is 0. The molecule has 17 heavy (non-hydrogen) atoms. The van der Waals surface area contributed by atoms with Crippen molar-refractivity contribution in [3.63, 3.8) is 0 Å². The SMILES string of the molecule is CC1(C)COC(CC2(C[N+](=O)[O-])CCCC2)=N1. The molecule has 1 aliphatic heterocycles. The van der Waals surface area contributed by atoms with Crippen LogP contribution in [0, 0.1) is 15.5 Å². The maximum absolute atomic E-state index is 10.8. The second-order valence-corrected chi connectivity index (χ2v) is 5.98. The summed E-state index contributed by atoms with van der Waals surface area (Å²) in [6.07, 6.45) is 4.67. The van der Waals surface area contributed by atoms with Gasteiger partial charge < -0.3 is 4.74 Å². The van der Waals surface area contributed by atoms with Crippen LogP contribution in [0.5, 0.6) is 0 Å². The monoisotopic (exact) mass is 240 g/mol. The molecule has 0 bridgehead atoms. The Bertz CT molecular complexity index is 344. The van der Waals surface area contributed by atoms with E-state index in [2.05, 4.69) is 4.99 Å². The highest BCUT2D eigenvalue weighted by atomic mass is 16.6. The third-order valence-electron chi connectivity index (χ3n) is 3.67. The third kappa shape index (κ3) is 2.96. The molecule has 5 heteroatoms. The molecule has 0 radical (unpaired) electrons. The van der Waals surface area contributed by atoms with Crippen LogP contribution in [0.4, 0.5) is 0 Å². The number of hydrogen-bond donors (Lipinski definition) is 0. The van der Waals surface area contributed by atoms with Crippen LogP contribution in [-0.2, 0) is 4.74 Å². The van der Waals surface area contributed by atoms with Crippen molar-refractivity contribution in [2.75, 3.05) is 13.2 Å². The minimum absolute atomic E-state index is 0.0514. The maximum Gasteiger partial charge on any atom is 0.209 e. The van der Waals surface area contributed by atoms with Crippen molar-refractivity contribution in [1.82, 2.24) is 0 Å².